The van der Waals surface area contributed by atoms with Gasteiger partial charge in [0.2, 0.25) is 11.6 Å². The lowest BCUT2D eigenvalue weighted by atomic mass is 10.3. The van der Waals surface area contributed by atoms with Gasteiger partial charge in [0, 0.05) is 6.20 Å². The molecule has 2 aromatic rings. The summed E-state index contributed by atoms with van der Waals surface area (Å²) < 4.78 is 33.0. The number of pyridine rings is 1. The molecule has 96 valence electrons. The van der Waals surface area contributed by atoms with E-state index < -0.39 is 29.5 Å². The third kappa shape index (κ3) is 2.60. The Kier molecular flexibility index (Phi) is 3.57. The maximum absolute atomic E-state index is 13.7. The third-order valence-corrected chi connectivity index (χ3v) is 2.34. The molecule has 0 aliphatic heterocycles. The van der Waals surface area contributed by atoms with Crippen LogP contribution in [-0.2, 0) is 6.54 Å². The van der Waals surface area contributed by atoms with E-state index in [2.05, 4.69) is 0 Å². The van der Waals surface area contributed by atoms with Gasteiger partial charge in [0.05, 0.1) is 6.07 Å². The van der Waals surface area contributed by atoms with Crippen LogP contribution in [0.4, 0.5) is 8.78 Å². The van der Waals surface area contributed by atoms with Gasteiger partial charge in [-0.2, -0.15) is 9.65 Å². The van der Waals surface area contributed by atoms with Crippen molar-refractivity contribution in [3.63, 3.8) is 0 Å². The first-order valence-corrected chi connectivity index (χ1v) is 5.31. The number of hydrogen-bond donors (Lipinski definition) is 0. The molecule has 0 saturated carbocycles. The van der Waals surface area contributed by atoms with Gasteiger partial charge in [0.15, 0.2) is 5.82 Å². The van der Waals surface area contributed by atoms with E-state index in [0.717, 1.165) is 6.20 Å². The first-order chi connectivity index (χ1) is 9.13. The number of hydrogen-bond acceptors (Lipinski definition) is 3. The van der Waals surface area contributed by atoms with Crippen LogP contribution in [0.3, 0.4) is 0 Å². The Morgan fingerprint density at radius 1 is 1.26 bits per heavy atom. The fourth-order valence-electron chi connectivity index (χ4n) is 1.48. The fourth-order valence-corrected chi connectivity index (χ4v) is 1.48. The number of ether oxygens (including phenoxy) is 1. The minimum Gasteiger partial charge on any atom is -0.451 e. The van der Waals surface area contributed by atoms with E-state index in [1.54, 1.807) is 24.3 Å². The minimum atomic E-state index is -1.36. The molecule has 0 amide bonds. The van der Waals surface area contributed by atoms with Crippen molar-refractivity contribution >= 4 is 0 Å². The fraction of sp³-hybridized carbons (Fsp3) is 0.0769. The first kappa shape index (κ1) is 12.8. The molecule has 0 radical (unpaired) electrons. The summed E-state index contributed by atoms with van der Waals surface area (Å²) in [5.41, 5.74) is -1.10. The predicted molar refractivity (Wildman–Crippen MR) is 62.7 cm³/mol. The molecule has 0 atom stereocenters. The number of nitriles is 1. The summed E-state index contributed by atoms with van der Waals surface area (Å²) in [6.07, 6.45) is 0.743. The van der Waals surface area contributed by atoms with Gasteiger partial charge in [-0.15, -0.1) is 0 Å². The molecule has 0 aliphatic carbocycles. The number of para-hydroxylation sites is 1. The van der Waals surface area contributed by atoms with Gasteiger partial charge in [0.1, 0.15) is 12.3 Å². The van der Waals surface area contributed by atoms with Crippen molar-refractivity contribution in [2.24, 2.45) is 0 Å². The molecule has 4 nitrogen and oxygen atoms in total. The van der Waals surface area contributed by atoms with E-state index in [1.807, 2.05) is 0 Å². The maximum Gasteiger partial charge on any atom is 0.291 e. The van der Waals surface area contributed by atoms with Crippen LogP contribution in [0.1, 0.15) is 0 Å². The summed E-state index contributed by atoms with van der Waals surface area (Å²) in [5, 5.41) is 8.44. The van der Waals surface area contributed by atoms with Crippen molar-refractivity contribution in [1.29, 1.82) is 5.26 Å². The molecule has 1 aromatic heterocycles. The van der Waals surface area contributed by atoms with E-state index >= 15 is 0 Å². The molecule has 0 spiro atoms. The Morgan fingerprint density at radius 2 is 1.95 bits per heavy atom. The number of benzene rings is 1. The molecular formula is C13H8F2N2O2. The number of nitrogens with zero attached hydrogens (tertiary/aromatic N) is 2. The molecule has 0 N–H and O–H groups in total. The van der Waals surface area contributed by atoms with Gasteiger partial charge in [-0.05, 0) is 12.1 Å². The molecule has 0 aliphatic rings. The second kappa shape index (κ2) is 5.31. The van der Waals surface area contributed by atoms with E-state index in [4.69, 9.17) is 10.00 Å². The number of rotatable bonds is 3. The lowest BCUT2D eigenvalue weighted by molar-refractivity contribution is 0.393. The Balaban J connectivity index is 2.45. The van der Waals surface area contributed by atoms with Crippen LogP contribution in [0.2, 0.25) is 0 Å². The SMILES string of the molecule is N#CCn1cc(F)c(Oc2ccccc2)c(F)c1=O. The largest absolute Gasteiger partial charge is 0.451 e. The Morgan fingerprint density at radius 3 is 2.58 bits per heavy atom. The van der Waals surface area contributed by atoms with Crippen LogP contribution in [0.5, 0.6) is 11.5 Å². The third-order valence-electron chi connectivity index (χ3n) is 2.34. The molecule has 2 rings (SSSR count). The zero-order chi connectivity index (χ0) is 13.8. The zero-order valence-electron chi connectivity index (χ0n) is 9.64. The van der Waals surface area contributed by atoms with Crippen molar-refractivity contribution in [2.75, 3.05) is 0 Å². The topological polar surface area (TPSA) is 55.0 Å². The highest BCUT2D eigenvalue weighted by Crippen LogP contribution is 2.25. The van der Waals surface area contributed by atoms with Gasteiger partial charge >= 0.3 is 0 Å². The summed E-state index contributed by atoms with van der Waals surface area (Å²) in [6, 6.07) is 9.60. The molecule has 0 unspecified atom stereocenters. The second-order valence-electron chi connectivity index (χ2n) is 3.63. The van der Waals surface area contributed by atoms with Crippen molar-refractivity contribution in [3.05, 3.63) is 58.5 Å². The summed E-state index contributed by atoms with van der Waals surface area (Å²) >= 11 is 0. The molecule has 19 heavy (non-hydrogen) atoms. The Labute approximate surface area is 107 Å². The van der Waals surface area contributed by atoms with Gasteiger partial charge in [-0.3, -0.25) is 9.36 Å². The quantitative estimate of drug-likeness (QED) is 0.853. The maximum atomic E-state index is 13.7. The van der Waals surface area contributed by atoms with Gasteiger partial charge in [-0.1, -0.05) is 18.2 Å². The van der Waals surface area contributed by atoms with E-state index in [-0.39, 0.29) is 5.75 Å². The summed E-state index contributed by atoms with van der Waals surface area (Å²) in [5.74, 6) is -2.97. The molecule has 0 bridgehead atoms. The van der Waals surface area contributed by atoms with Gasteiger partial charge in [-0.25, -0.2) is 4.39 Å². The molecule has 0 saturated heterocycles. The highest BCUT2D eigenvalue weighted by atomic mass is 19.1. The number of aromatic nitrogens is 1. The van der Waals surface area contributed by atoms with Crippen LogP contribution >= 0.6 is 0 Å². The zero-order valence-corrected chi connectivity index (χ0v) is 9.64. The summed E-state index contributed by atoms with van der Waals surface area (Å²) in [4.78, 5) is 11.5. The Bertz CT molecular complexity index is 690. The number of halogens is 2. The van der Waals surface area contributed by atoms with Gasteiger partial charge < -0.3 is 4.74 Å². The smallest absolute Gasteiger partial charge is 0.291 e. The van der Waals surface area contributed by atoms with Crippen LogP contribution in [0.15, 0.2) is 41.3 Å². The van der Waals surface area contributed by atoms with Crippen molar-refractivity contribution in [3.8, 4) is 17.6 Å². The average Bonchev–Trinajstić information content (AvgIpc) is 2.42. The normalized spacial score (nSPS) is 9.95. The average molecular weight is 262 g/mol. The standard InChI is InChI=1S/C13H8F2N2O2/c14-10-8-17(7-6-16)13(18)11(15)12(10)19-9-4-2-1-3-5-9/h1-5,8H,7H2. The molecular weight excluding hydrogens is 254 g/mol. The molecule has 1 heterocycles. The highest BCUT2D eigenvalue weighted by Gasteiger charge is 2.18. The van der Waals surface area contributed by atoms with E-state index in [9.17, 15) is 13.6 Å². The second-order valence-corrected chi connectivity index (χ2v) is 3.63. The predicted octanol–water partition coefficient (Wildman–Crippen LogP) is 2.44. The summed E-state index contributed by atoms with van der Waals surface area (Å²) in [6.45, 7) is -0.432. The first-order valence-electron chi connectivity index (χ1n) is 5.31. The molecule has 0 fully saturated rings. The highest BCUT2D eigenvalue weighted by molar-refractivity contribution is 5.31. The summed E-state index contributed by atoms with van der Waals surface area (Å²) in [7, 11) is 0. The van der Waals surface area contributed by atoms with Crippen molar-refractivity contribution < 1.29 is 13.5 Å². The van der Waals surface area contributed by atoms with Crippen molar-refractivity contribution in [1.82, 2.24) is 4.57 Å². The van der Waals surface area contributed by atoms with Crippen molar-refractivity contribution in [2.45, 2.75) is 6.54 Å². The lowest BCUT2D eigenvalue weighted by Gasteiger charge is -2.09. The van der Waals surface area contributed by atoms with Gasteiger partial charge in [0.25, 0.3) is 5.56 Å². The minimum absolute atomic E-state index is 0.206. The molecule has 1 aromatic carbocycles. The van der Waals surface area contributed by atoms with Crippen LogP contribution in [-0.4, -0.2) is 4.57 Å². The monoisotopic (exact) mass is 262 g/mol. The lowest BCUT2D eigenvalue weighted by Crippen LogP contribution is -2.23. The molecule has 6 heteroatoms. The Hall–Kier alpha value is -2.68. The van der Waals surface area contributed by atoms with Crippen LogP contribution < -0.4 is 10.3 Å². The van der Waals surface area contributed by atoms with E-state index in [0.29, 0.717) is 4.57 Å². The van der Waals surface area contributed by atoms with Crippen LogP contribution in [0.25, 0.3) is 0 Å². The van der Waals surface area contributed by atoms with Crippen LogP contribution in [0, 0.1) is 23.0 Å². The van der Waals surface area contributed by atoms with E-state index in [1.165, 1.54) is 12.1 Å².